The number of fused-ring (bicyclic) bond motifs is 2. The van der Waals surface area contributed by atoms with Gasteiger partial charge in [-0.2, -0.15) is 11.8 Å². The summed E-state index contributed by atoms with van der Waals surface area (Å²) in [6.45, 7) is 4.04. The van der Waals surface area contributed by atoms with Gasteiger partial charge in [0.15, 0.2) is 5.78 Å². The van der Waals surface area contributed by atoms with E-state index >= 15 is 0 Å². The van der Waals surface area contributed by atoms with Crippen LogP contribution in [0.1, 0.15) is 37.7 Å². The number of carbonyl (C=O) groups is 1. The second-order valence-electron chi connectivity index (χ2n) is 5.69. The molecule has 19 heavy (non-hydrogen) atoms. The van der Waals surface area contributed by atoms with Crippen LogP contribution < -0.4 is 0 Å². The number of rotatable bonds is 3. The smallest absolute Gasteiger partial charge is 0.166 e. The van der Waals surface area contributed by atoms with Gasteiger partial charge >= 0.3 is 0 Å². The van der Waals surface area contributed by atoms with E-state index in [0.29, 0.717) is 16.1 Å². The maximum Gasteiger partial charge on any atom is 0.166 e. The molecule has 0 amide bonds. The number of hydrogen-bond acceptors (Lipinski definition) is 2. The van der Waals surface area contributed by atoms with Crippen molar-refractivity contribution >= 4 is 23.1 Å². The van der Waals surface area contributed by atoms with Gasteiger partial charge < -0.3 is 0 Å². The topological polar surface area (TPSA) is 17.1 Å². The van der Waals surface area contributed by atoms with E-state index in [2.05, 4.69) is 18.3 Å². The number of allylic oxidation sites excluding steroid dienone is 1. The van der Waals surface area contributed by atoms with Crippen LogP contribution in [-0.4, -0.2) is 16.3 Å². The quantitative estimate of drug-likeness (QED) is 0.762. The predicted octanol–water partition coefficient (Wildman–Crippen LogP) is 4.33. The molecule has 3 rings (SSSR count). The van der Waals surface area contributed by atoms with Gasteiger partial charge in [0.25, 0.3) is 0 Å². The highest BCUT2D eigenvalue weighted by molar-refractivity contribution is 8.00. The summed E-state index contributed by atoms with van der Waals surface area (Å²) in [5.74, 6) is 0.493. The molecule has 2 heteroatoms. The summed E-state index contributed by atoms with van der Waals surface area (Å²) < 4.78 is 0. The van der Waals surface area contributed by atoms with Crippen LogP contribution in [-0.2, 0) is 4.79 Å². The third kappa shape index (κ3) is 2.79. The molecule has 100 valence electrons. The van der Waals surface area contributed by atoms with Crippen molar-refractivity contribution in [2.75, 3.05) is 0 Å². The molecule has 2 saturated heterocycles. The summed E-state index contributed by atoms with van der Waals surface area (Å²) in [5, 5.41) is 1.43. The summed E-state index contributed by atoms with van der Waals surface area (Å²) in [6.07, 6.45) is 6.06. The molecule has 2 bridgehead atoms. The molecule has 1 nitrogen and oxygen atoms in total. The maximum atomic E-state index is 12.6. The summed E-state index contributed by atoms with van der Waals surface area (Å²) in [4.78, 5) is 12.6. The number of benzene rings is 1. The lowest BCUT2D eigenvalue weighted by molar-refractivity contribution is -0.117. The van der Waals surface area contributed by atoms with E-state index in [1.54, 1.807) is 0 Å². The molecule has 1 aromatic rings. The summed E-state index contributed by atoms with van der Waals surface area (Å²) in [6, 6.07) is 9.89. The molecular weight excluding hydrogens is 252 g/mol. The molecular formula is C17H20OS. The number of hydrogen-bond donors (Lipinski definition) is 0. The Balaban J connectivity index is 1.72. The van der Waals surface area contributed by atoms with E-state index in [0.717, 1.165) is 18.4 Å². The van der Waals surface area contributed by atoms with E-state index in [9.17, 15) is 4.79 Å². The molecule has 2 unspecified atom stereocenters. The number of thioether (sulfide) groups is 1. The second kappa shape index (κ2) is 5.54. The molecule has 2 heterocycles. The van der Waals surface area contributed by atoms with E-state index < -0.39 is 0 Å². The Morgan fingerprint density at radius 2 is 1.74 bits per heavy atom. The normalized spacial score (nSPS) is 29.8. The van der Waals surface area contributed by atoms with Gasteiger partial charge in [0.05, 0.1) is 0 Å². The summed E-state index contributed by atoms with van der Waals surface area (Å²) in [5.41, 5.74) is 1.69. The lowest BCUT2D eigenvalue weighted by atomic mass is 9.83. The van der Waals surface area contributed by atoms with Crippen LogP contribution in [0, 0.1) is 5.92 Å². The lowest BCUT2D eigenvalue weighted by Gasteiger charge is -2.38. The Morgan fingerprint density at radius 3 is 2.37 bits per heavy atom. The zero-order valence-corrected chi connectivity index (χ0v) is 12.0. The maximum absolute atomic E-state index is 12.6. The fourth-order valence-corrected chi connectivity index (χ4v) is 5.14. The first-order valence-corrected chi connectivity index (χ1v) is 8.12. The fourth-order valence-electron chi connectivity index (χ4n) is 3.30. The Hall–Kier alpha value is -1.02. The van der Waals surface area contributed by atoms with Crippen molar-refractivity contribution in [2.24, 2.45) is 5.92 Å². The second-order valence-corrected chi connectivity index (χ2v) is 7.29. The molecule has 0 saturated carbocycles. The molecule has 1 aromatic carbocycles. The molecule has 2 fully saturated rings. The summed E-state index contributed by atoms with van der Waals surface area (Å²) in [7, 11) is 0. The van der Waals surface area contributed by atoms with Crippen molar-refractivity contribution in [1.82, 2.24) is 0 Å². The van der Waals surface area contributed by atoms with Gasteiger partial charge in [-0.1, -0.05) is 43.3 Å². The standard InChI is InChI=1S/C17H20OS/c1-12(13-6-3-2-4-7-13)17(18)14-10-15-8-5-9-16(11-14)19-15/h2-4,6-7,14-16H,1,5,8-11H2. The molecule has 0 radical (unpaired) electrons. The van der Waals surface area contributed by atoms with Gasteiger partial charge in [0.1, 0.15) is 0 Å². The largest absolute Gasteiger partial charge is 0.294 e. The molecule has 0 N–H and O–H groups in total. The highest BCUT2D eigenvalue weighted by Gasteiger charge is 2.36. The lowest BCUT2D eigenvalue weighted by Crippen LogP contribution is -2.33. The SMILES string of the molecule is C=C(C(=O)C1CC2CCCC(C1)S2)c1ccccc1. The fraction of sp³-hybridized carbons (Fsp3) is 0.471. The predicted molar refractivity (Wildman–Crippen MR) is 82.2 cm³/mol. The third-order valence-corrected chi connectivity index (χ3v) is 5.95. The summed E-state index contributed by atoms with van der Waals surface area (Å²) >= 11 is 2.12. The van der Waals surface area contributed by atoms with E-state index in [4.69, 9.17) is 0 Å². The van der Waals surface area contributed by atoms with E-state index in [-0.39, 0.29) is 11.7 Å². The van der Waals surface area contributed by atoms with Crippen molar-refractivity contribution in [1.29, 1.82) is 0 Å². The molecule has 0 aromatic heterocycles. The average molecular weight is 272 g/mol. The Bertz CT molecular complexity index is 467. The third-order valence-electron chi connectivity index (χ3n) is 4.32. The van der Waals surface area contributed by atoms with Crippen molar-refractivity contribution in [3.05, 3.63) is 42.5 Å². The average Bonchev–Trinajstić information content (AvgIpc) is 2.46. The van der Waals surface area contributed by atoms with Crippen LogP contribution in [0.5, 0.6) is 0 Å². The van der Waals surface area contributed by atoms with E-state index in [1.165, 1.54) is 19.3 Å². The first-order chi connectivity index (χ1) is 9.24. The van der Waals surface area contributed by atoms with E-state index in [1.807, 2.05) is 30.3 Å². The zero-order chi connectivity index (χ0) is 13.2. The van der Waals surface area contributed by atoms with Crippen LogP contribution in [0.2, 0.25) is 0 Å². The van der Waals surface area contributed by atoms with Crippen molar-refractivity contribution in [2.45, 2.75) is 42.6 Å². The Kier molecular flexibility index (Phi) is 3.79. The van der Waals surface area contributed by atoms with Gasteiger partial charge in [-0.3, -0.25) is 4.79 Å². The minimum atomic E-state index is 0.212. The number of Topliss-reactive ketones (excluding diaryl/α,β-unsaturated/α-hetero) is 1. The zero-order valence-electron chi connectivity index (χ0n) is 11.2. The number of carbonyl (C=O) groups excluding carboxylic acids is 1. The van der Waals surface area contributed by atoms with Crippen LogP contribution in [0.25, 0.3) is 5.57 Å². The molecule has 0 spiro atoms. The highest BCUT2D eigenvalue weighted by atomic mass is 32.2. The van der Waals surface area contributed by atoms with Crippen LogP contribution >= 0.6 is 11.8 Å². The van der Waals surface area contributed by atoms with Crippen molar-refractivity contribution in [3.8, 4) is 0 Å². The molecule has 2 aliphatic rings. The Labute approximate surface area is 119 Å². The first kappa shape index (κ1) is 13.0. The van der Waals surface area contributed by atoms with Gasteiger partial charge in [-0.05, 0) is 31.2 Å². The van der Waals surface area contributed by atoms with Gasteiger partial charge in [0.2, 0.25) is 0 Å². The molecule has 2 atom stereocenters. The monoisotopic (exact) mass is 272 g/mol. The minimum Gasteiger partial charge on any atom is -0.294 e. The number of ketones is 1. The van der Waals surface area contributed by atoms with Gasteiger partial charge in [-0.15, -0.1) is 0 Å². The minimum absolute atomic E-state index is 0.212. The first-order valence-electron chi connectivity index (χ1n) is 7.18. The van der Waals surface area contributed by atoms with Gasteiger partial charge in [0, 0.05) is 22.0 Å². The molecule has 2 aliphatic heterocycles. The van der Waals surface area contributed by atoms with Crippen molar-refractivity contribution < 1.29 is 4.79 Å². The van der Waals surface area contributed by atoms with Crippen molar-refractivity contribution in [3.63, 3.8) is 0 Å². The van der Waals surface area contributed by atoms with Crippen LogP contribution in [0.3, 0.4) is 0 Å². The van der Waals surface area contributed by atoms with Crippen LogP contribution in [0.15, 0.2) is 36.9 Å². The highest BCUT2D eigenvalue weighted by Crippen LogP contribution is 2.45. The van der Waals surface area contributed by atoms with Gasteiger partial charge in [-0.25, -0.2) is 0 Å². The Morgan fingerprint density at radius 1 is 1.11 bits per heavy atom. The van der Waals surface area contributed by atoms with Crippen LogP contribution in [0.4, 0.5) is 0 Å². The molecule has 0 aliphatic carbocycles.